The standard InChI is InChI=1S/C16H25NO3S/c1-5-8-13-12(6-2)11-14(21-13)16(19)17(7-3)10-9-15(18)20-4/h11H,5-10H2,1-4H3. The van der Waals surface area contributed by atoms with E-state index in [2.05, 4.69) is 18.6 Å². The lowest BCUT2D eigenvalue weighted by molar-refractivity contribution is -0.140. The van der Waals surface area contributed by atoms with Gasteiger partial charge in [0.1, 0.15) is 0 Å². The number of methoxy groups -OCH3 is 1. The van der Waals surface area contributed by atoms with Gasteiger partial charge < -0.3 is 9.64 Å². The predicted octanol–water partition coefficient (Wildman–Crippen LogP) is 3.29. The van der Waals surface area contributed by atoms with Crippen LogP contribution in [0.15, 0.2) is 6.07 Å². The van der Waals surface area contributed by atoms with Gasteiger partial charge in [-0.15, -0.1) is 11.3 Å². The van der Waals surface area contributed by atoms with Gasteiger partial charge >= 0.3 is 5.97 Å². The number of nitrogens with zero attached hydrogens (tertiary/aromatic N) is 1. The van der Waals surface area contributed by atoms with Crippen molar-refractivity contribution < 1.29 is 14.3 Å². The molecule has 0 unspecified atom stereocenters. The number of esters is 1. The van der Waals surface area contributed by atoms with Gasteiger partial charge in [0.25, 0.3) is 5.91 Å². The van der Waals surface area contributed by atoms with Crippen LogP contribution in [0.4, 0.5) is 0 Å². The largest absolute Gasteiger partial charge is 0.469 e. The molecule has 0 aliphatic heterocycles. The van der Waals surface area contributed by atoms with Crippen LogP contribution >= 0.6 is 11.3 Å². The summed E-state index contributed by atoms with van der Waals surface area (Å²) in [7, 11) is 1.37. The number of hydrogen-bond donors (Lipinski definition) is 0. The monoisotopic (exact) mass is 311 g/mol. The molecule has 0 saturated heterocycles. The molecule has 21 heavy (non-hydrogen) atoms. The second-order valence-corrected chi connectivity index (χ2v) is 6.01. The molecule has 1 amide bonds. The molecule has 1 rings (SSSR count). The molecule has 4 nitrogen and oxygen atoms in total. The van der Waals surface area contributed by atoms with Gasteiger partial charge in [0.05, 0.1) is 18.4 Å². The highest BCUT2D eigenvalue weighted by atomic mass is 32.1. The Bertz CT molecular complexity index is 482. The highest BCUT2D eigenvalue weighted by Crippen LogP contribution is 2.25. The van der Waals surface area contributed by atoms with Crippen LogP contribution in [0.25, 0.3) is 0 Å². The first-order valence-electron chi connectivity index (χ1n) is 7.54. The Morgan fingerprint density at radius 2 is 2.00 bits per heavy atom. The van der Waals surface area contributed by atoms with Gasteiger partial charge in [0.15, 0.2) is 0 Å². The fourth-order valence-electron chi connectivity index (χ4n) is 2.20. The molecule has 0 aliphatic carbocycles. The molecule has 1 heterocycles. The molecule has 0 spiro atoms. The van der Waals surface area contributed by atoms with Crippen molar-refractivity contribution in [2.75, 3.05) is 20.2 Å². The highest BCUT2D eigenvalue weighted by Gasteiger charge is 2.19. The Labute approximate surface area is 131 Å². The fraction of sp³-hybridized carbons (Fsp3) is 0.625. The minimum Gasteiger partial charge on any atom is -0.469 e. The van der Waals surface area contributed by atoms with Crippen molar-refractivity contribution in [1.82, 2.24) is 4.90 Å². The smallest absolute Gasteiger partial charge is 0.307 e. The molecule has 0 atom stereocenters. The van der Waals surface area contributed by atoms with Crippen molar-refractivity contribution >= 4 is 23.2 Å². The van der Waals surface area contributed by atoms with Gasteiger partial charge in [0.2, 0.25) is 0 Å². The number of carbonyl (C=O) groups is 2. The molecule has 118 valence electrons. The number of amides is 1. The molecule has 0 bridgehead atoms. The van der Waals surface area contributed by atoms with Crippen LogP contribution in [0.5, 0.6) is 0 Å². The molecule has 0 radical (unpaired) electrons. The number of rotatable bonds is 8. The van der Waals surface area contributed by atoms with E-state index in [4.69, 9.17) is 0 Å². The molecule has 1 aromatic heterocycles. The molecule has 0 aliphatic rings. The normalized spacial score (nSPS) is 10.5. The first-order chi connectivity index (χ1) is 10.1. The average Bonchev–Trinajstić information content (AvgIpc) is 2.90. The molecule has 1 aromatic rings. The van der Waals surface area contributed by atoms with Gasteiger partial charge in [-0.3, -0.25) is 9.59 Å². The summed E-state index contributed by atoms with van der Waals surface area (Å²) in [6, 6.07) is 2.01. The van der Waals surface area contributed by atoms with Crippen LogP contribution in [-0.2, 0) is 22.4 Å². The summed E-state index contributed by atoms with van der Waals surface area (Å²) in [6.45, 7) is 7.19. The quantitative estimate of drug-likeness (QED) is 0.692. The number of hydrogen-bond acceptors (Lipinski definition) is 4. The van der Waals surface area contributed by atoms with E-state index in [0.29, 0.717) is 13.1 Å². The number of aryl methyl sites for hydroxylation is 2. The molecule has 0 N–H and O–H groups in total. The number of ether oxygens (including phenoxy) is 1. The van der Waals surface area contributed by atoms with Crippen molar-refractivity contribution in [3.63, 3.8) is 0 Å². The second kappa shape index (κ2) is 8.82. The highest BCUT2D eigenvalue weighted by molar-refractivity contribution is 7.14. The van der Waals surface area contributed by atoms with Crippen LogP contribution in [0, 0.1) is 0 Å². The van der Waals surface area contributed by atoms with Crippen molar-refractivity contribution in [2.24, 2.45) is 0 Å². The van der Waals surface area contributed by atoms with Crippen LogP contribution in [0.3, 0.4) is 0 Å². The van der Waals surface area contributed by atoms with Gasteiger partial charge in [0, 0.05) is 18.0 Å². The van der Waals surface area contributed by atoms with E-state index >= 15 is 0 Å². The maximum atomic E-state index is 12.5. The zero-order valence-corrected chi connectivity index (χ0v) is 14.2. The Kier molecular flexibility index (Phi) is 7.43. The van der Waals surface area contributed by atoms with Crippen molar-refractivity contribution in [3.05, 3.63) is 21.4 Å². The van der Waals surface area contributed by atoms with E-state index in [0.717, 1.165) is 24.1 Å². The first kappa shape index (κ1) is 17.7. The summed E-state index contributed by atoms with van der Waals surface area (Å²) >= 11 is 1.59. The van der Waals surface area contributed by atoms with Crippen LogP contribution in [-0.4, -0.2) is 37.0 Å². The summed E-state index contributed by atoms with van der Waals surface area (Å²) in [5, 5.41) is 0. The zero-order valence-electron chi connectivity index (χ0n) is 13.4. The Hall–Kier alpha value is -1.36. The van der Waals surface area contributed by atoms with E-state index in [9.17, 15) is 9.59 Å². The summed E-state index contributed by atoms with van der Waals surface area (Å²) in [5.41, 5.74) is 1.27. The zero-order chi connectivity index (χ0) is 15.8. The Morgan fingerprint density at radius 3 is 2.52 bits per heavy atom. The van der Waals surface area contributed by atoms with E-state index in [-0.39, 0.29) is 18.3 Å². The van der Waals surface area contributed by atoms with E-state index in [1.807, 2.05) is 13.0 Å². The minimum absolute atomic E-state index is 0.0171. The Morgan fingerprint density at radius 1 is 1.29 bits per heavy atom. The summed E-state index contributed by atoms with van der Waals surface area (Å²) < 4.78 is 4.63. The molecular weight excluding hydrogens is 286 g/mol. The number of carbonyl (C=O) groups excluding carboxylic acids is 2. The summed E-state index contributed by atoms with van der Waals surface area (Å²) in [5.74, 6) is -0.267. The van der Waals surface area contributed by atoms with Crippen LogP contribution in [0.1, 0.15) is 53.7 Å². The van der Waals surface area contributed by atoms with Crippen LogP contribution in [0.2, 0.25) is 0 Å². The van der Waals surface area contributed by atoms with Crippen molar-refractivity contribution in [1.29, 1.82) is 0 Å². The van der Waals surface area contributed by atoms with Crippen molar-refractivity contribution in [3.8, 4) is 0 Å². The fourth-order valence-corrected chi connectivity index (χ4v) is 3.52. The van der Waals surface area contributed by atoms with Gasteiger partial charge in [-0.05, 0) is 31.4 Å². The van der Waals surface area contributed by atoms with Gasteiger partial charge in [-0.25, -0.2) is 0 Å². The molecule has 0 saturated carbocycles. The maximum absolute atomic E-state index is 12.5. The van der Waals surface area contributed by atoms with Gasteiger partial charge in [-0.2, -0.15) is 0 Å². The molecule has 5 heteroatoms. The van der Waals surface area contributed by atoms with Crippen molar-refractivity contribution in [2.45, 2.75) is 46.5 Å². The molecular formula is C16H25NO3S. The average molecular weight is 311 g/mol. The van der Waals surface area contributed by atoms with E-state index in [1.54, 1.807) is 16.2 Å². The maximum Gasteiger partial charge on any atom is 0.307 e. The SMILES string of the molecule is CCCc1sc(C(=O)N(CC)CCC(=O)OC)cc1CC. The van der Waals surface area contributed by atoms with E-state index < -0.39 is 0 Å². The molecule has 0 fully saturated rings. The van der Waals surface area contributed by atoms with E-state index in [1.165, 1.54) is 17.6 Å². The minimum atomic E-state index is -0.284. The third-order valence-electron chi connectivity index (χ3n) is 3.45. The first-order valence-corrected chi connectivity index (χ1v) is 8.36. The topological polar surface area (TPSA) is 46.6 Å². The van der Waals surface area contributed by atoms with Crippen LogP contribution < -0.4 is 0 Å². The third kappa shape index (κ3) is 4.84. The number of thiophene rings is 1. The second-order valence-electron chi connectivity index (χ2n) is 4.87. The third-order valence-corrected chi connectivity index (χ3v) is 4.67. The molecule has 0 aromatic carbocycles. The summed E-state index contributed by atoms with van der Waals surface area (Å²) in [6.07, 6.45) is 3.30. The predicted molar refractivity (Wildman–Crippen MR) is 85.9 cm³/mol. The Balaban J connectivity index is 2.82. The lowest BCUT2D eigenvalue weighted by atomic mass is 10.1. The van der Waals surface area contributed by atoms with Gasteiger partial charge in [-0.1, -0.05) is 20.3 Å². The lowest BCUT2D eigenvalue weighted by Crippen LogP contribution is -2.32. The summed E-state index contributed by atoms with van der Waals surface area (Å²) in [4.78, 5) is 27.6. The lowest BCUT2D eigenvalue weighted by Gasteiger charge is -2.19.